The first-order chi connectivity index (χ1) is 14.3. The molecule has 30 heavy (non-hydrogen) atoms. The number of ether oxygens (including phenoxy) is 1. The van der Waals surface area contributed by atoms with Gasteiger partial charge in [-0.25, -0.2) is 13.2 Å². The number of sulfone groups is 1. The van der Waals surface area contributed by atoms with Gasteiger partial charge in [-0.3, -0.25) is 9.69 Å². The van der Waals surface area contributed by atoms with Crippen molar-refractivity contribution in [1.82, 2.24) is 10.2 Å². The molecule has 2 aromatic carbocycles. The van der Waals surface area contributed by atoms with Gasteiger partial charge in [0.1, 0.15) is 5.75 Å². The molecular formula is C22H23N2O5S. The van der Waals surface area contributed by atoms with Crippen molar-refractivity contribution in [3.63, 3.8) is 0 Å². The summed E-state index contributed by atoms with van der Waals surface area (Å²) >= 11 is 0. The minimum absolute atomic E-state index is 0.0285. The average molecular weight is 428 g/mol. The second-order valence-electron chi connectivity index (χ2n) is 6.89. The number of benzene rings is 2. The van der Waals surface area contributed by atoms with Gasteiger partial charge in [0.25, 0.3) is 0 Å². The van der Waals surface area contributed by atoms with E-state index in [1.54, 1.807) is 49.5 Å². The van der Waals surface area contributed by atoms with Crippen molar-refractivity contribution in [2.24, 2.45) is 0 Å². The summed E-state index contributed by atoms with van der Waals surface area (Å²) < 4.78 is 29.0. The lowest BCUT2D eigenvalue weighted by Gasteiger charge is -2.12. The maximum atomic E-state index is 12.3. The van der Waals surface area contributed by atoms with Gasteiger partial charge in [0.05, 0.1) is 17.1 Å². The lowest BCUT2D eigenvalue weighted by atomic mass is 10.1. The predicted octanol–water partition coefficient (Wildman–Crippen LogP) is 3.07. The van der Waals surface area contributed by atoms with Crippen molar-refractivity contribution in [2.75, 3.05) is 12.3 Å². The van der Waals surface area contributed by atoms with Crippen LogP contribution in [0.25, 0.3) is 0 Å². The zero-order valence-corrected chi connectivity index (χ0v) is 17.4. The summed E-state index contributed by atoms with van der Waals surface area (Å²) in [5.41, 5.74) is 2.06. The van der Waals surface area contributed by atoms with Crippen molar-refractivity contribution in [2.45, 2.75) is 24.7 Å². The molecule has 2 amide bonds. The number of carbonyl (C=O) groups is 2. The van der Waals surface area contributed by atoms with E-state index in [1.165, 1.54) is 17.0 Å². The lowest BCUT2D eigenvalue weighted by molar-refractivity contribution is -0.119. The monoisotopic (exact) mass is 427 g/mol. The van der Waals surface area contributed by atoms with Crippen molar-refractivity contribution in [3.8, 4) is 5.75 Å². The van der Waals surface area contributed by atoms with Gasteiger partial charge in [-0.05, 0) is 42.3 Å². The zero-order valence-electron chi connectivity index (χ0n) is 16.6. The molecule has 1 radical (unpaired) electrons. The number of carbonyl (C=O) groups excluding carboxylic acids is 2. The average Bonchev–Trinajstić information content (AvgIpc) is 3.17. The Morgan fingerprint density at radius 2 is 1.90 bits per heavy atom. The second kappa shape index (κ2) is 9.13. The SMILES string of the molecule is [CH2]c1cccc(OC(=O)N2C=C(NC(=O)Cc3ccc(S(=O)(=O)CC)cc3)CC2)c1. The Bertz CT molecular complexity index is 1070. The molecule has 0 atom stereocenters. The summed E-state index contributed by atoms with van der Waals surface area (Å²) in [6.45, 7) is 5.78. The van der Waals surface area contributed by atoms with Crippen LogP contribution in [0.15, 0.2) is 65.3 Å². The highest BCUT2D eigenvalue weighted by Crippen LogP contribution is 2.18. The van der Waals surface area contributed by atoms with Crippen molar-refractivity contribution < 1.29 is 22.7 Å². The number of hydrogen-bond acceptors (Lipinski definition) is 5. The summed E-state index contributed by atoms with van der Waals surface area (Å²) in [6.07, 6.45) is 1.64. The minimum atomic E-state index is -3.26. The highest BCUT2D eigenvalue weighted by atomic mass is 32.2. The van der Waals surface area contributed by atoms with Gasteiger partial charge in [-0.2, -0.15) is 0 Å². The molecule has 0 saturated carbocycles. The Balaban J connectivity index is 1.55. The summed E-state index contributed by atoms with van der Waals surface area (Å²) in [4.78, 5) is 26.2. The molecule has 0 aromatic heterocycles. The number of nitrogens with zero attached hydrogens (tertiary/aromatic N) is 1. The van der Waals surface area contributed by atoms with Crippen LogP contribution in [0.5, 0.6) is 5.75 Å². The molecule has 8 heteroatoms. The normalized spacial score (nSPS) is 13.7. The fraction of sp³-hybridized carbons (Fsp3) is 0.227. The summed E-state index contributed by atoms with van der Waals surface area (Å²) in [6, 6.07) is 13.2. The van der Waals surface area contributed by atoms with Crippen LogP contribution < -0.4 is 10.1 Å². The molecule has 0 saturated heterocycles. The van der Waals surface area contributed by atoms with E-state index >= 15 is 0 Å². The molecule has 0 bridgehead atoms. The summed E-state index contributed by atoms with van der Waals surface area (Å²) in [7, 11) is -3.26. The van der Waals surface area contributed by atoms with Crippen molar-refractivity contribution in [1.29, 1.82) is 0 Å². The van der Waals surface area contributed by atoms with Gasteiger partial charge in [0.15, 0.2) is 9.84 Å². The van der Waals surface area contributed by atoms with Gasteiger partial charge < -0.3 is 10.1 Å². The highest BCUT2D eigenvalue weighted by molar-refractivity contribution is 7.91. The molecule has 3 rings (SSSR count). The standard InChI is InChI=1S/C22H23N2O5S/c1-3-30(27,28)20-9-7-17(8-10-20)14-21(25)23-18-11-12-24(15-18)22(26)29-19-6-4-5-16(2)13-19/h4-10,13,15H,2-3,11-12,14H2,1H3,(H,23,25). The molecule has 1 heterocycles. The first kappa shape index (κ1) is 21.6. The molecule has 0 unspecified atom stereocenters. The van der Waals surface area contributed by atoms with E-state index in [0.717, 1.165) is 5.56 Å². The fourth-order valence-electron chi connectivity index (χ4n) is 2.96. The van der Waals surface area contributed by atoms with Gasteiger partial charge in [0, 0.05) is 24.9 Å². The smallest absolute Gasteiger partial charge is 0.410 e. The zero-order chi connectivity index (χ0) is 21.7. The van der Waals surface area contributed by atoms with Crippen LogP contribution in [0.3, 0.4) is 0 Å². The summed E-state index contributed by atoms with van der Waals surface area (Å²) in [5, 5.41) is 2.79. The Labute approximate surface area is 176 Å². The van der Waals surface area contributed by atoms with Crippen LogP contribution in [-0.4, -0.2) is 37.6 Å². The molecule has 0 spiro atoms. The molecule has 157 valence electrons. The molecule has 2 aromatic rings. The number of hydrogen-bond donors (Lipinski definition) is 1. The van der Waals surface area contributed by atoms with Crippen molar-refractivity contribution >= 4 is 21.8 Å². The van der Waals surface area contributed by atoms with E-state index in [1.807, 2.05) is 0 Å². The van der Waals surface area contributed by atoms with Crippen LogP contribution in [0.1, 0.15) is 24.5 Å². The predicted molar refractivity (Wildman–Crippen MR) is 112 cm³/mol. The maximum absolute atomic E-state index is 12.3. The highest BCUT2D eigenvalue weighted by Gasteiger charge is 2.22. The van der Waals surface area contributed by atoms with Crippen LogP contribution in [0.2, 0.25) is 0 Å². The van der Waals surface area contributed by atoms with E-state index in [9.17, 15) is 18.0 Å². The third-order valence-electron chi connectivity index (χ3n) is 4.60. The van der Waals surface area contributed by atoms with Gasteiger partial charge in [-0.1, -0.05) is 31.2 Å². The third-order valence-corrected chi connectivity index (χ3v) is 6.35. The second-order valence-corrected chi connectivity index (χ2v) is 9.16. The van der Waals surface area contributed by atoms with Crippen LogP contribution in [0.4, 0.5) is 4.79 Å². The van der Waals surface area contributed by atoms with E-state index in [-0.39, 0.29) is 23.0 Å². The van der Waals surface area contributed by atoms with Crippen LogP contribution in [0, 0.1) is 6.92 Å². The van der Waals surface area contributed by atoms with Crippen molar-refractivity contribution in [3.05, 3.63) is 78.5 Å². The third kappa shape index (κ3) is 5.48. The Kier molecular flexibility index (Phi) is 6.56. The molecule has 1 aliphatic heterocycles. The number of nitrogens with one attached hydrogen (secondary N) is 1. The van der Waals surface area contributed by atoms with Crippen LogP contribution in [-0.2, 0) is 21.1 Å². The molecular weight excluding hydrogens is 404 g/mol. The molecule has 0 fully saturated rings. The van der Waals surface area contributed by atoms with Crippen LogP contribution >= 0.6 is 0 Å². The molecule has 1 aliphatic rings. The molecule has 7 nitrogen and oxygen atoms in total. The Hall–Kier alpha value is -3.13. The van der Waals surface area contributed by atoms with E-state index in [4.69, 9.17) is 4.74 Å². The van der Waals surface area contributed by atoms with Gasteiger partial charge >= 0.3 is 6.09 Å². The quantitative estimate of drug-likeness (QED) is 0.765. The van der Waals surface area contributed by atoms with E-state index < -0.39 is 15.9 Å². The van der Waals surface area contributed by atoms with E-state index in [0.29, 0.717) is 30.0 Å². The number of amides is 2. The lowest BCUT2D eigenvalue weighted by Crippen LogP contribution is -2.27. The first-order valence-electron chi connectivity index (χ1n) is 9.49. The maximum Gasteiger partial charge on any atom is 0.419 e. The molecule has 0 aliphatic carbocycles. The largest absolute Gasteiger partial charge is 0.419 e. The van der Waals surface area contributed by atoms with Gasteiger partial charge in [0.2, 0.25) is 5.91 Å². The molecule has 1 N–H and O–H groups in total. The Morgan fingerprint density at radius 1 is 1.17 bits per heavy atom. The van der Waals surface area contributed by atoms with E-state index in [2.05, 4.69) is 12.2 Å². The summed E-state index contributed by atoms with van der Waals surface area (Å²) in [5.74, 6) is 0.194. The van der Waals surface area contributed by atoms with Gasteiger partial charge in [-0.15, -0.1) is 0 Å². The fourth-order valence-corrected chi connectivity index (χ4v) is 3.84. The minimum Gasteiger partial charge on any atom is -0.410 e. The topological polar surface area (TPSA) is 92.8 Å². The first-order valence-corrected chi connectivity index (χ1v) is 11.1. The Morgan fingerprint density at radius 3 is 2.57 bits per heavy atom. The number of rotatable bonds is 6.